The minimum atomic E-state index is 0.0515. The van der Waals surface area contributed by atoms with Gasteiger partial charge in [0, 0.05) is 19.3 Å². The summed E-state index contributed by atoms with van der Waals surface area (Å²) in [6, 6.07) is 2.21. The lowest BCUT2D eigenvalue weighted by Gasteiger charge is -2.23. The van der Waals surface area contributed by atoms with Gasteiger partial charge >= 0.3 is 0 Å². The molecular weight excluding hydrogens is 278 g/mol. The number of ether oxygens (including phenoxy) is 2. The topological polar surface area (TPSA) is 49.2 Å². The van der Waals surface area contributed by atoms with Crippen LogP contribution in [0.3, 0.4) is 0 Å². The van der Waals surface area contributed by atoms with Gasteiger partial charge in [0.2, 0.25) is 5.88 Å². The van der Waals surface area contributed by atoms with Crippen molar-refractivity contribution >= 4 is 22.5 Å². The van der Waals surface area contributed by atoms with Crippen LogP contribution in [0.4, 0.5) is 0 Å². The van der Waals surface area contributed by atoms with E-state index in [4.69, 9.17) is 21.1 Å². The zero-order valence-electron chi connectivity index (χ0n) is 11.7. The molecule has 6 heteroatoms. The Morgan fingerprint density at radius 3 is 2.85 bits per heavy atom. The molecule has 0 unspecified atom stereocenters. The normalized spacial score (nSPS) is 17.0. The van der Waals surface area contributed by atoms with Crippen LogP contribution in [-0.2, 0) is 4.74 Å². The van der Waals surface area contributed by atoms with E-state index >= 15 is 0 Å². The summed E-state index contributed by atoms with van der Waals surface area (Å²) >= 11 is 6.12. The Morgan fingerprint density at radius 1 is 1.40 bits per heavy atom. The lowest BCUT2D eigenvalue weighted by Crippen LogP contribution is -2.20. The van der Waals surface area contributed by atoms with Crippen LogP contribution in [0.25, 0.3) is 10.9 Å². The number of aromatic nitrogens is 3. The molecule has 0 amide bonds. The van der Waals surface area contributed by atoms with Gasteiger partial charge in [0.25, 0.3) is 0 Å². The molecule has 1 saturated heterocycles. The van der Waals surface area contributed by atoms with Crippen LogP contribution in [0.1, 0.15) is 32.7 Å². The van der Waals surface area contributed by atoms with Gasteiger partial charge in [-0.1, -0.05) is 11.6 Å². The number of hydrogen-bond acceptors (Lipinski definition) is 4. The third kappa shape index (κ3) is 2.60. The predicted molar refractivity (Wildman–Crippen MR) is 77.4 cm³/mol. The highest BCUT2D eigenvalue weighted by molar-refractivity contribution is 6.30. The first-order valence-electron chi connectivity index (χ1n) is 6.93. The monoisotopic (exact) mass is 295 g/mol. The Labute approximate surface area is 122 Å². The second kappa shape index (κ2) is 5.58. The van der Waals surface area contributed by atoms with E-state index in [9.17, 15) is 0 Å². The summed E-state index contributed by atoms with van der Waals surface area (Å²) in [7, 11) is 0. The van der Waals surface area contributed by atoms with Gasteiger partial charge in [-0.05, 0) is 26.7 Å². The zero-order chi connectivity index (χ0) is 14.1. The fourth-order valence-electron chi connectivity index (χ4n) is 2.52. The molecule has 5 nitrogen and oxygen atoms in total. The van der Waals surface area contributed by atoms with Gasteiger partial charge in [0.05, 0.1) is 29.2 Å². The molecule has 2 aromatic rings. The maximum atomic E-state index is 6.12. The Bertz CT molecular complexity index is 606. The van der Waals surface area contributed by atoms with E-state index in [1.54, 1.807) is 0 Å². The lowest BCUT2D eigenvalue weighted by atomic mass is 10.1. The van der Waals surface area contributed by atoms with Gasteiger partial charge in [0.1, 0.15) is 5.15 Å². The lowest BCUT2D eigenvalue weighted by molar-refractivity contribution is 0.0675. The molecule has 108 valence electrons. The quantitative estimate of drug-likeness (QED) is 0.816. The van der Waals surface area contributed by atoms with E-state index in [1.165, 1.54) is 0 Å². The van der Waals surface area contributed by atoms with Crippen molar-refractivity contribution in [2.24, 2.45) is 0 Å². The van der Waals surface area contributed by atoms with Crippen molar-refractivity contribution in [1.29, 1.82) is 0 Å². The van der Waals surface area contributed by atoms with Gasteiger partial charge in [-0.15, -0.1) is 0 Å². The van der Waals surface area contributed by atoms with Gasteiger partial charge in [0.15, 0.2) is 0 Å². The summed E-state index contributed by atoms with van der Waals surface area (Å²) in [6.07, 6.45) is 3.80. The highest BCUT2D eigenvalue weighted by atomic mass is 35.5. The van der Waals surface area contributed by atoms with Crippen LogP contribution in [0.5, 0.6) is 5.88 Å². The molecule has 0 atom stereocenters. The van der Waals surface area contributed by atoms with Crippen molar-refractivity contribution in [3.63, 3.8) is 0 Å². The molecule has 20 heavy (non-hydrogen) atoms. The van der Waals surface area contributed by atoms with E-state index in [1.807, 2.05) is 30.8 Å². The van der Waals surface area contributed by atoms with Crippen LogP contribution in [0.15, 0.2) is 12.3 Å². The second-order valence-corrected chi connectivity index (χ2v) is 5.67. The highest BCUT2D eigenvalue weighted by Crippen LogP contribution is 2.31. The largest absolute Gasteiger partial charge is 0.474 e. The van der Waals surface area contributed by atoms with Crippen molar-refractivity contribution < 1.29 is 9.47 Å². The van der Waals surface area contributed by atoms with Crippen LogP contribution in [0, 0.1) is 0 Å². The third-order valence-electron chi connectivity index (χ3n) is 3.41. The Balaban J connectivity index is 2.04. The number of halogens is 1. The number of fused-ring (bicyclic) bond motifs is 1. The molecule has 3 rings (SSSR count). The predicted octanol–water partition coefficient (Wildman–Crippen LogP) is 3.22. The number of nitrogens with zero attached hydrogens (tertiary/aromatic N) is 3. The van der Waals surface area contributed by atoms with Gasteiger partial charge < -0.3 is 9.47 Å². The van der Waals surface area contributed by atoms with Crippen molar-refractivity contribution in [3.8, 4) is 5.88 Å². The molecule has 1 aliphatic heterocycles. The van der Waals surface area contributed by atoms with Crippen LogP contribution in [-0.4, -0.2) is 34.1 Å². The second-order valence-electron chi connectivity index (χ2n) is 5.28. The molecule has 0 radical (unpaired) electrons. The molecule has 0 N–H and O–H groups in total. The molecule has 1 fully saturated rings. The number of pyridine rings is 1. The summed E-state index contributed by atoms with van der Waals surface area (Å²) in [5.74, 6) is 0.556. The summed E-state index contributed by atoms with van der Waals surface area (Å²) < 4.78 is 13.2. The summed E-state index contributed by atoms with van der Waals surface area (Å²) in [4.78, 5) is 4.27. The molecular formula is C14H18ClN3O2. The van der Waals surface area contributed by atoms with Gasteiger partial charge in [-0.2, -0.15) is 5.10 Å². The molecule has 0 aliphatic carbocycles. The highest BCUT2D eigenvalue weighted by Gasteiger charge is 2.20. The fourth-order valence-corrected chi connectivity index (χ4v) is 2.70. The smallest absolute Gasteiger partial charge is 0.226 e. The fraction of sp³-hybridized carbons (Fsp3) is 0.571. The van der Waals surface area contributed by atoms with Gasteiger partial charge in [-0.3, -0.25) is 4.68 Å². The van der Waals surface area contributed by atoms with Crippen molar-refractivity contribution in [3.05, 3.63) is 17.4 Å². The molecule has 1 aliphatic rings. The van der Waals surface area contributed by atoms with E-state index in [0.717, 1.165) is 37.0 Å². The zero-order valence-corrected chi connectivity index (χ0v) is 12.4. The molecule has 0 spiro atoms. The van der Waals surface area contributed by atoms with Crippen molar-refractivity contribution in [2.45, 2.75) is 38.8 Å². The van der Waals surface area contributed by atoms with E-state index in [2.05, 4.69) is 10.1 Å². The third-order valence-corrected chi connectivity index (χ3v) is 3.61. The van der Waals surface area contributed by atoms with E-state index < -0.39 is 0 Å². The van der Waals surface area contributed by atoms with Crippen LogP contribution in [0.2, 0.25) is 5.15 Å². The summed E-state index contributed by atoms with van der Waals surface area (Å²) in [6.45, 7) is 5.50. The molecule has 0 saturated carbocycles. The Hall–Kier alpha value is -1.33. The first-order chi connectivity index (χ1) is 9.65. The number of hydrogen-bond donors (Lipinski definition) is 0. The average molecular weight is 296 g/mol. The molecule has 0 aromatic carbocycles. The van der Waals surface area contributed by atoms with Crippen LogP contribution < -0.4 is 4.74 Å². The van der Waals surface area contributed by atoms with Crippen LogP contribution >= 0.6 is 11.6 Å². The first kappa shape index (κ1) is 13.6. The Morgan fingerprint density at radius 2 is 2.15 bits per heavy atom. The molecule has 0 bridgehead atoms. The van der Waals surface area contributed by atoms with E-state index in [-0.39, 0.29) is 6.10 Å². The summed E-state index contributed by atoms with van der Waals surface area (Å²) in [5.41, 5.74) is 0.979. The first-order valence-corrected chi connectivity index (χ1v) is 7.31. The minimum absolute atomic E-state index is 0.0515. The van der Waals surface area contributed by atoms with Gasteiger partial charge in [-0.25, -0.2) is 4.98 Å². The Kier molecular flexibility index (Phi) is 3.81. The standard InChI is InChI=1S/C14H18ClN3O2/c1-9(2)20-14-11-8-16-18(10-3-5-19-6-4-10)12(11)7-13(15)17-14/h7-10H,3-6H2,1-2H3. The average Bonchev–Trinajstić information content (AvgIpc) is 2.82. The SMILES string of the molecule is CC(C)Oc1nc(Cl)cc2c1cnn2C1CCOCC1. The minimum Gasteiger partial charge on any atom is -0.474 e. The maximum absolute atomic E-state index is 6.12. The number of rotatable bonds is 3. The maximum Gasteiger partial charge on any atom is 0.226 e. The van der Waals surface area contributed by atoms with Crippen molar-refractivity contribution in [2.75, 3.05) is 13.2 Å². The summed E-state index contributed by atoms with van der Waals surface area (Å²) in [5, 5.41) is 5.85. The van der Waals surface area contributed by atoms with E-state index in [0.29, 0.717) is 17.1 Å². The molecule has 3 heterocycles. The van der Waals surface area contributed by atoms with Crippen molar-refractivity contribution in [1.82, 2.24) is 14.8 Å². The molecule has 2 aromatic heterocycles.